The molecule has 0 radical (unpaired) electrons. The third-order valence-corrected chi connectivity index (χ3v) is 4.52. The fraction of sp³-hybridized carbons (Fsp3) is 1.00. The molecule has 3 unspecified atom stereocenters. The van der Waals surface area contributed by atoms with Crippen LogP contribution in [0.3, 0.4) is 0 Å². The van der Waals surface area contributed by atoms with Crippen molar-refractivity contribution >= 4 is 0 Å². The van der Waals surface area contributed by atoms with Crippen LogP contribution in [0.25, 0.3) is 0 Å². The lowest BCUT2D eigenvalue weighted by atomic mass is 10.00. The zero-order valence-corrected chi connectivity index (χ0v) is 11.2. The maximum atomic E-state index is 9.46. The summed E-state index contributed by atoms with van der Waals surface area (Å²) < 4.78 is 0. The molecule has 2 aliphatic rings. The molecule has 2 N–H and O–H groups in total. The van der Waals surface area contributed by atoms with Crippen molar-refractivity contribution in [3.63, 3.8) is 0 Å². The zero-order chi connectivity index (χ0) is 12.1. The van der Waals surface area contributed by atoms with E-state index in [9.17, 15) is 5.11 Å². The summed E-state index contributed by atoms with van der Waals surface area (Å²) >= 11 is 0. The molecule has 3 atom stereocenters. The predicted octanol–water partition coefficient (Wildman–Crippen LogP) is 1.61. The molecule has 2 rings (SSSR count). The van der Waals surface area contributed by atoms with E-state index in [1.54, 1.807) is 0 Å². The summed E-state index contributed by atoms with van der Waals surface area (Å²) in [5.41, 5.74) is 0. The van der Waals surface area contributed by atoms with Gasteiger partial charge in [-0.25, -0.2) is 0 Å². The quantitative estimate of drug-likeness (QED) is 0.717. The molecule has 1 heterocycles. The van der Waals surface area contributed by atoms with Gasteiger partial charge in [0.15, 0.2) is 0 Å². The minimum atomic E-state index is -0.0220. The molecule has 0 aromatic rings. The van der Waals surface area contributed by atoms with Gasteiger partial charge < -0.3 is 15.3 Å². The van der Waals surface area contributed by atoms with Gasteiger partial charge in [-0.2, -0.15) is 0 Å². The first-order valence-corrected chi connectivity index (χ1v) is 7.34. The summed E-state index contributed by atoms with van der Waals surface area (Å²) in [6.07, 6.45) is 8.65. The number of piperidine rings is 1. The molecule has 2 fully saturated rings. The molecule has 17 heavy (non-hydrogen) atoms. The van der Waals surface area contributed by atoms with Gasteiger partial charge in [0.05, 0.1) is 6.10 Å². The Morgan fingerprint density at radius 1 is 1.24 bits per heavy atom. The lowest BCUT2D eigenvalue weighted by Gasteiger charge is -2.32. The highest BCUT2D eigenvalue weighted by Crippen LogP contribution is 2.24. The van der Waals surface area contributed by atoms with Crippen molar-refractivity contribution in [1.82, 2.24) is 10.2 Å². The number of hydrogen-bond donors (Lipinski definition) is 2. The maximum absolute atomic E-state index is 9.46. The number of rotatable bonds is 5. The number of likely N-dealkylation sites (tertiary alicyclic amines) is 1. The van der Waals surface area contributed by atoms with E-state index in [0.717, 1.165) is 32.0 Å². The van der Waals surface area contributed by atoms with E-state index in [4.69, 9.17) is 0 Å². The molecule has 3 heteroatoms. The molecule has 1 aliphatic heterocycles. The van der Waals surface area contributed by atoms with Crippen LogP contribution in [0.2, 0.25) is 0 Å². The Kier molecular flexibility index (Phi) is 5.26. The fourth-order valence-corrected chi connectivity index (χ4v) is 3.32. The molecule has 0 aromatic carbocycles. The summed E-state index contributed by atoms with van der Waals surface area (Å²) in [5, 5.41) is 13.0. The first-order chi connectivity index (χ1) is 8.25. The van der Waals surface area contributed by atoms with Crippen molar-refractivity contribution in [2.45, 2.75) is 57.1 Å². The lowest BCUT2D eigenvalue weighted by molar-refractivity contribution is 0.172. The maximum Gasteiger partial charge on any atom is 0.0543 e. The molecular formula is C14H28N2O. The van der Waals surface area contributed by atoms with Crippen molar-refractivity contribution in [1.29, 1.82) is 0 Å². The standard InChI is InChI=1S/C14H28N2O/c1-16-9-3-2-4-13(16)7-8-15-11-12-5-6-14(17)10-12/h12-15,17H,2-11H2,1H3. The average molecular weight is 240 g/mol. The Labute approximate surface area is 106 Å². The Bertz CT molecular complexity index is 222. The molecule has 0 bridgehead atoms. The number of nitrogens with one attached hydrogen (secondary N) is 1. The van der Waals surface area contributed by atoms with Gasteiger partial charge in [0.2, 0.25) is 0 Å². The number of nitrogens with zero attached hydrogens (tertiary/aromatic N) is 1. The third-order valence-electron chi connectivity index (χ3n) is 4.52. The largest absolute Gasteiger partial charge is 0.393 e. The molecule has 3 nitrogen and oxygen atoms in total. The first-order valence-electron chi connectivity index (χ1n) is 7.34. The van der Waals surface area contributed by atoms with E-state index in [-0.39, 0.29) is 6.10 Å². The second kappa shape index (κ2) is 6.72. The second-order valence-electron chi connectivity index (χ2n) is 5.96. The zero-order valence-electron chi connectivity index (χ0n) is 11.2. The van der Waals surface area contributed by atoms with Crippen molar-refractivity contribution in [3.8, 4) is 0 Å². The van der Waals surface area contributed by atoms with Crippen molar-refractivity contribution in [3.05, 3.63) is 0 Å². The van der Waals surface area contributed by atoms with E-state index < -0.39 is 0 Å². The van der Waals surface area contributed by atoms with Crippen LogP contribution in [-0.4, -0.2) is 48.8 Å². The minimum Gasteiger partial charge on any atom is -0.393 e. The van der Waals surface area contributed by atoms with Crippen LogP contribution < -0.4 is 5.32 Å². The number of hydrogen-bond acceptors (Lipinski definition) is 3. The van der Waals surface area contributed by atoms with Crippen LogP contribution in [0.15, 0.2) is 0 Å². The van der Waals surface area contributed by atoms with Gasteiger partial charge >= 0.3 is 0 Å². The Hall–Kier alpha value is -0.120. The van der Waals surface area contributed by atoms with E-state index in [0.29, 0.717) is 5.92 Å². The normalized spacial score (nSPS) is 35.3. The highest BCUT2D eigenvalue weighted by atomic mass is 16.3. The SMILES string of the molecule is CN1CCCCC1CCNCC1CCC(O)C1. The summed E-state index contributed by atoms with van der Waals surface area (Å²) in [6, 6.07) is 0.797. The van der Waals surface area contributed by atoms with E-state index >= 15 is 0 Å². The highest BCUT2D eigenvalue weighted by molar-refractivity contribution is 4.78. The molecular weight excluding hydrogens is 212 g/mol. The molecule has 0 amide bonds. The Morgan fingerprint density at radius 2 is 2.12 bits per heavy atom. The minimum absolute atomic E-state index is 0.0220. The number of aliphatic hydroxyl groups is 1. The van der Waals surface area contributed by atoms with E-state index in [1.807, 2.05) is 0 Å². The van der Waals surface area contributed by atoms with Gasteiger partial charge in [0.1, 0.15) is 0 Å². The summed E-state index contributed by atoms with van der Waals surface area (Å²) in [6.45, 7) is 3.52. The average Bonchev–Trinajstić information content (AvgIpc) is 2.73. The molecule has 0 aromatic heterocycles. The number of aliphatic hydroxyl groups excluding tert-OH is 1. The van der Waals surface area contributed by atoms with Crippen LogP contribution in [0.5, 0.6) is 0 Å². The molecule has 1 saturated heterocycles. The van der Waals surface area contributed by atoms with Crippen LogP contribution in [0, 0.1) is 5.92 Å². The van der Waals surface area contributed by atoms with Crippen LogP contribution in [-0.2, 0) is 0 Å². The van der Waals surface area contributed by atoms with Crippen LogP contribution in [0.4, 0.5) is 0 Å². The third kappa shape index (κ3) is 4.23. The molecule has 0 spiro atoms. The van der Waals surface area contributed by atoms with Crippen LogP contribution >= 0.6 is 0 Å². The van der Waals surface area contributed by atoms with Crippen molar-refractivity contribution in [2.75, 3.05) is 26.7 Å². The summed E-state index contributed by atoms with van der Waals surface area (Å²) in [4.78, 5) is 2.52. The van der Waals surface area contributed by atoms with Crippen molar-refractivity contribution < 1.29 is 5.11 Å². The van der Waals surface area contributed by atoms with Gasteiger partial charge in [-0.05, 0) is 71.1 Å². The summed E-state index contributed by atoms with van der Waals surface area (Å²) in [5.74, 6) is 0.717. The van der Waals surface area contributed by atoms with Gasteiger partial charge in [-0.15, -0.1) is 0 Å². The lowest BCUT2D eigenvalue weighted by Crippen LogP contribution is -2.38. The van der Waals surface area contributed by atoms with Gasteiger partial charge in [-0.1, -0.05) is 6.42 Å². The fourth-order valence-electron chi connectivity index (χ4n) is 3.32. The van der Waals surface area contributed by atoms with Crippen molar-refractivity contribution in [2.24, 2.45) is 5.92 Å². The topological polar surface area (TPSA) is 35.5 Å². The Morgan fingerprint density at radius 3 is 2.82 bits per heavy atom. The van der Waals surface area contributed by atoms with Gasteiger partial charge in [0, 0.05) is 6.04 Å². The summed E-state index contributed by atoms with van der Waals surface area (Å²) in [7, 11) is 2.26. The van der Waals surface area contributed by atoms with Gasteiger partial charge in [0.25, 0.3) is 0 Å². The van der Waals surface area contributed by atoms with E-state index in [2.05, 4.69) is 17.3 Å². The first kappa shape index (κ1) is 13.3. The smallest absolute Gasteiger partial charge is 0.0543 e. The molecule has 1 aliphatic carbocycles. The van der Waals surface area contributed by atoms with E-state index in [1.165, 1.54) is 38.6 Å². The van der Waals surface area contributed by atoms with Gasteiger partial charge in [-0.3, -0.25) is 0 Å². The monoisotopic (exact) mass is 240 g/mol. The highest BCUT2D eigenvalue weighted by Gasteiger charge is 2.22. The molecule has 100 valence electrons. The second-order valence-corrected chi connectivity index (χ2v) is 5.96. The van der Waals surface area contributed by atoms with Crippen LogP contribution in [0.1, 0.15) is 44.9 Å². The predicted molar refractivity (Wildman–Crippen MR) is 71.1 cm³/mol. The molecule has 1 saturated carbocycles. The Balaban J connectivity index is 1.53.